The predicted octanol–water partition coefficient (Wildman–Crippen LogP) is 3.76. The maximum Gasteiger partial charge on any atom is 0.308 e. The van der Waals surface area contributed by atoms with Crippen molar-refractivity contribution in [1.29, 1.82) is 0 Å². The highest BCUT2D eigenvalue weighted by atomic mass is 32.2. The Hall–Kier alpha value is -2.12. The van der Waals surface area contributed by atoms with Crippen molar-refractivity contribution in [2.45, 2.75) is 44.0 Å². The number of rotatable bonds is 4. The molecule has 0 saturated heterocycles. The number of aryl methyl sites for hydroxylation is 3. The molecule has 0 bridgehead atoms. The molecular weight excluding hydrogens is 368 g/mol. The van der Waals surface area contributed by atoms with E-state index in [1.54, 1.807) is 34.9 Å². The monoisotopic (exact) mass is 388 g/mol. The van der Waals surface area contributed by atoms with E-state index in [0.717, 1.165) is 52.8 Å². The summed E-state index contributed by atoms with van der Waals surface area (Å²) in [5.74, 6) is 0. The van der Waals surface area contributed by atoms with Crippen LogP contribution in [0.15, 0.2) is 46.1 Å². The average molecular weight is 389 g/mol. The molecule has 1 aliphatic carbocycles. The molecule has 0 unspecified atom stereocenters. The minimum atomic E-state index is -3.65. The average Bonchev–Trinajstić information content (AvgIpc) is 2.95. The molecule has 1 N–H and O–H groups in total. The number of thiazole rings is 1. The summed E-state index contributed by atoms with van der Waals surface area (Å²) < 4.78 is 30.7. The highest BCUT2D eigenvalue weighted by Crippen LogP contribution is 2.27. The molecule has 0 aliphatic heterocycles. The van der Waals surface area contributed by atoms with Gasteiger partial charge in [0.2, 0.25) is 0 Å². The second-order valence-corrected chi connectivity index (χ2v) is 9.21. The molecule has 1 aliphatic rings. The zero-order chi connectivity index (χ0) is 18.3. The van der Waals surface area contributed by atoms with Gasteiger partial charge in [0.25, 0.3) is 10.0 Å². The van der Waals surface area contributed by atoms with E-state index in [-0.39, 0.29) is 9.77 Å². The normalized spacial score (nSPS) is 14.3. The van der Waals surface area contributed by atoms with Gasteiger partial charge in [0, 0.05) is 6.54 Å². The molecule has 0 radical (unpaired) electrons. The third-order valence-corrected chi connectivity index (χ3v) is 7.19. The van der Waals surface area contributed by atoms with Crippen LogP contribution >= 0.6 is 11.3 Å². The number of nitrogens with one attached hydrogen (secondary N) is 1. The van der Waals surface area contributed by atoms with Crippen molar-refractivity contribution in [1.82, 2.24) is 4.57 Å². The fourth-order valence-electron chi connectivity index (χ4n) is 3.52. The van der Waals surface area contributed by atoms with Crippen LogP contribution in [-0.2, 0) is 29.4 Å². The fourth-order valence-corrected chi connectivity index (χ4v) is 5.61. The van der Waals surface area contributed by atoms with Crippen molar-refractivity contribution in [3.05, 3.63) is 57.2 Å². The Balaban J connectivity index is 1.67. The molecule has 0 saturated carbocycles. The van der Waals surface area contributed by atoms with Gasteiger partial charge in [-0.25, -0.2) is 8.42 Å². The lowest BCUT2D eigenvalue weighted by Gasteiger charge is -2.17. The molecule has 3 aromatic rings. The van der Waals surface area contributed by atoms with Crippen LogP contribution < -0.4 is 9.60 Å². The van der Waals surface area contributed by atoms with E-state index in [9.17, 15) is 13.2 Å². The van der Waals surface area contributed by atoms with Crippen LogP contribution in [0.25, 0.3) is 10.2 Å². The van der Waals surface area contributed by atoms with Gasteiger partial charge in [-0.2, -0.15) is 0 Å². The van der Waals surface area contributed by atoms with E-state index >= 15 is 0 Å². The number of benzene rings is 2. The SMILES string of the molecule is CCn1c(=O)sc2cc(NS(=O)(=O)c3ccc4c(c3)CCCC4)ccc21. The van der Waals surface area contributed by atoms with Crippen LogP contribution in [-0.4, -0.2) is 13.0 Å². The fraction of sp³-hybridized carbons (Fsp3) is 0.316. The molecule has 0 atom stereocenters. The summed E-state index contributed by atoms with van der Waals surface area (Å²) in [6.45, 7) is 2.51. The maximum atomic E-state index is 12.8. The topological polar surface area (TPSA) is 68.2 Å². The first-order chi connectivity index (χ1) is 12.5. The van der Waals surface area contributed by atoms with Crippen LogP contribution in [0.1, 0.15) is 30.9 Å². The van der Waals surface area contributed by atoms with Crippen LogP contribution in [0.4, 0.5) is 5.69 Å². The van der Waals surface area contributed by atoms with E-state index in [1.807, 2.05) is 13.0 Å². The van der Waals surface area contributed by atoms with E-state index < -0.39 is 10.0 Å². The number of hydrogen-bond donors (Lipinski definition) is 1. The van der Waals surface area contributed by atoms with Crippen LogP contribution in [0.3, 0.4) is 0 Å². The molecule has 136 valence electrons. The summed E-state index contributed by atoms with van der Waals surface area (Å²) in [7, 11) is -3.65. The Morgan fingerprint density at radius 1 is 1.08 bits per heavy atom. The number of nitrogens with zero attached hydrogens (tertiary/aromatic N) is 1. The van der Waals surface area contributed by atoms with Crippen LogP contribution in [0.2, 0.25) is 0 Å². The van der Waals surface area contributed by atoms with Crippen molar-refractivity contribution in [3.8, 4) is 0 Å². The summed E-state index contributed by atoms with van der Waals surface area (Å²) in [6, 6.07) is 10.6. The lowest BCUT2D eigenvalue weighted by molar-refractivity contribution is 0.600. The van der Waals surface area contributed by atoms with Gasteiger partial charge in [0.1, 0.15) is 0 Å². The Morgan fingerprint density at radius 2 is 1.85 bits per heavy atom. The van der Waals surface area contributed by atoms with Crippen molar-refractivity contribution >= 4 is 37.3 Å². The molecule has 0 spiro atoms. The van der Waals surface area contributed by atoms with Crippen molar-refractivity contribution in [3.63, 3.8) is 0 Å². The molecule has 7 heteroatoms. The molecule has 0 fully saturated rings. The maximum absolute atomic E-state index is 12.8. The van der Waals surface area contributed by atoms with Gasteiger partial charge >= 0.3 is 4.87 Å². The van der Waals surface area contributed by atoms with Gasteiger partial charge in [-0.1, -0.05) is 17.4 Å². The van der Waals surface area contributed by atoms with Gasteiger partial charge in [-0.05, 0) is 74.1 Å². The van der Waals surface area contributed by atoms with Crippen molar-refractivity contribution in [2.24, 2.45) is 0 Å². The zero-order valence-electron chi connectivity index (χ0n) is 14.5. The molecule has 2 aromatic carbocycles. The highest BCUT2D eigenvalue weighted by Gasteiger charge is 2.18. The second kappa shape index (κ2) is 6.55. The second-order valence-electron chi connectivity index (χ2n) is 6.54. The molecule has 5 nitrogen and oxygen atoms in total. The van der Waals surface area contributed by atoms with Gasteiger partial charge in [-0.15, -0.1) is 0 Å². The first-order valence-electron chi connectivity index (χ1n) is 8.76. The Kier molecular flexibility index (Phi) is 4.36. The minimum Gasteiger partial charge on any atom is -0.299 e. The zero-order valence-corrected chi connectivity index (χ0v) is 16.1. The van der Waals surface area contributed by atoms with Crippen LogP contribution in [0.5, 0.6) is 0 Å². The Labute approximate surface area is 156 Å². The third-order valence-electron chi connectivity index (χ3n) is 4.87. The molecule has 0 amide bonds. The molecule has 1 aromatic heterocycles. The third kappa shape index (κ3) is 3.05. The lowest BCUT2D eigenvalue weighted by Crippen LogP contribution is -2.14. The first kappa shape index (κ1) is 17.3. The molecular formula is C19H20N2O3S2. The number of aromatic nitrogens is 1. The largest absolute Gasteiger partial charge is 0.308 e. The van der Waals surface area contributed by atoms with Crippen LogP contribution in [0, 0.1) is 0 Å². The van der Waals surface area contributed by atoms with E-state index in [0.29, 0.717) is 12.2 Å². The summed E-state index contributed by atoms with van der Waals surface area (Å²) in [6.07, 6.45) is 4.22. The van der Waals surface area contributed by atoms with Gasteiger partial charge < -0.3 is 0 Å². The number of fused-ring (bicyclic) bond motifs is 2. The molecule has 1 heterocycles. The van der Waals surface area contributed by atoms with Gasteiger partial charge in [0.15, 0.2) is 0 Å². The number of hydrogen-bond acceptors (Lipinski definition) is 4. The molecule has 26 heavy (non-hydrogen) atoms. The Morgan fingerprint density at radius 3 is 2.62 bits per heavy atom. The van der Waals surface area contributed by atoms with E-state index in [4.69, 9.17) is 0 Å². The summed E-state index contributed by atoms with van der Waals surface area (Å²) >= 11 is 1.13. The lowest BCUT2D eigenvalue weighted by atomic mass is 9.92. The summed E-state index contributed by atoms with van der Waals surface area (Å²) in [5, 5.41) is 0. The van der Waals surface area contributed by atoms with Gasteiger partial charge in [-0.3, -0.25) is 14.1 Å². The predicted molar refractivity (Wildman–Crippen MR) is 106 cm³/mol. The summed E-state index contributed by atoms with van der Waals surface area (Å²) in [4.78, 5) is 12.2. The smallest absolute Gasteiger partial charge is 0.299 e. The van der Waals surface area contributed by atoms with Crippen molar-refractivity contribution in [2.75, 3.05) is 4.72 Å². The van der Waals surface area contributed by atoms with Gasteiger partial charge in [0.05, 0.1) is 20.8 Å². The quantitative estimate of drug-likeness (QED) is 0.740. The minimum absolute atomic E-state index is 0.0304. The van der Waals surface area contributed by atoms with E-state index in [2.05, 4.69) is 4.72 Å². The number of anilines is 1. The van der Waals surface area contributed by atoms with Crippen molar-refractivity contribution < 1.29 is 8.42 Å². The molecule has 4 rings (SSSR count). The summed E-state index contributed by atoms with van der Waals surface area (Å²) in [5.41, 5.74) is 3.69. The first-order valence-corrected chi connectivity index (χ1v) is 11.1. The van der Waals surface area contributed by atoms with E-state index in [1.165, 1.54) is 5.56 Å². The standard InChI is InChI=1S/C19H20N2O3S2/c1-2-21-17-10-8-15(12-18(17)25-19(21)22)20-26(23,24)16-9-7-13-5-3-4-6-14(13)11-16/h7-12,20H,2-6H2,1H3. The Bertz CT molecular complexity index is 1140. The highest BCUT2D eigenvalue weighted by molar-refractivity contribution is 7.92. The number of sulfonamides is 1.